The summed E-state index contributed by atoms with van der Waals surface area (Å²) in [5.41, 5.74) is -0.186. The van der Waals surface area contributed by atoms with Crippen LogP contribution in [0.3, 0.4) is 0 Å². The fourth-order valence-electron chi connectivity index (χ4n) is 2.28. The molecule has 0 aliphatic carbocycles. The fraction of sp³-hybridized carbons (Fsp3) is 0.278. The van der Waals surface area contributed by atoms with E-state index >= 15 is 0 Å². The van der Waals surface area contributed by atoms with E-state index in [4.69, 9.17) is 4.74 Å². The van der Waals surface area contributed by atoms with Crippen LogP contribution in [0.5, 0.6) is 5.75 Å². The zero-order chi connectivity index (χ0) is 20.2. The molecule has 0 saturated heterocycles. The Kier molecular flexibility index (Phi) is 6.15. The third-order valence-electron chi connectivity index (χ3n) is 3.72. The van der Waals surface area contributed by atoms with Crippen molar-refractivity contribution in [1.29, 1.82) is 0 Å². The number of carbonyl (C=O) groups excluding carboxylic acids is 1. The number of hydrogen-bond donors (Lipinski definition) is 1. The highest BCUT2D eigenvalue weighted by Crippen LogP contribution is 2.31. The summed E-state index contributed by atoms with van der Waals surface area (Å²) < 4.78 is 66.0. The van der Waals surface area contributed by atoms with E-state index in [-0.39, 0.29) is 10.6 Å². The lowest BCUT2D eigenvalue weighted by Crippen LogP contribution is -2.31. The second kappa shape index (κ2) is 7.99. The van der Waals surface area contributed by atoms with Gasteiger partial charge in [0, 0.05) is 6.26 Å². The molecular weight excluding hydrogens is 383 g/mol. The highest BCUT2D eigenvalue weighted by Gasteiger charge is 2.30. The molecule has 2 rings (SSSR count). The molecule has 2 aromatic rings. The molecule has 0 bridgehead atoms. The van der Waals surface area contributed by atoms with Gasteiger partial charge in [0.15, 0.2) is 16.4 Å². The van der Waals surface area contributed by atoms with E-state index in [0.717, 1.165) is 18.4 Å². The number of nitrogens with one attached hydrogen (secondary N) is 1. The summed E-state index contributed by atoms with van der Waals surface area (Å²) in [5, 5.41) is 2.63. The molecule has 0 aromatic heterocycles. The number of carbonyl (C=O) groups is 1. The van der Waals surface area contributed by atoms with E-state index in [9.17, 15) is 26.4 Å². The topological polar surface area (TPSA) is 72.5 Å². The molecule has 0 unspecified atom stereocenters. The van der Waals surface area contributed by atoms with Crippen LogP contribution in [0.2, 0.25) is 0 Å². The van der Waals surface area contributed by atoms with Crippen LogP contribution in [0.25, 0.3) is 0 Å². The highest BCUT2D eigenvalue weighted by atomic mass is 32.2. The number of alkyl halides is 3. The molecule has 0 heterocycles. The minimum atomic E-state index is -4.49. The fourth-order valence-corrected chi connectivity index (χ4v) is 2.91. The van der Waals surface area contributed by atoms with E-state index in [1.165, 1.54) is 24.3 Å². The maximum atomic E-state index is 12.7. The predicted octanol–water partition coefficient (Wildman–Crippen LogP) is 3.37. The number of ether oxygens (including phenoxy) is 1. The Bertz CT molecular complexity index is 909. The van der Waals surface area contributed by atoms with Gasteiger partial charge in [0.05, 0.1) is 16.5 Å². The zero-order valence-electron chi connectivity index (χ0n) is 14.6. The minimum Gasteiger partial charge on any atom is -0.484 e. The van der Waals surface area contributed by atoms with Crippen LogP contribution in [-0.2, 0) is 20.8 Å². The molecule has 1 atom stereocenters. The molecule has 1 amide bonds. The van der Waals surface area contributed by atoms with Gasteiger partial charge in [0.2, 0.25) is 0 Å². The van der Waals surface area contributed by atoms with Gasteiger partial charge in [-0.2, -0.15) is 13.2 Å². The lowest BCUT2D eigenvalue weighted by Gasteiger charge is -2.15. The highest BCUT2D eigenvalue weighted by molar-refractivity contribution is 7.90. The summed E-state index contributed by atoms with van der Waals surface area (Å²) in [6.45, 7) is 1.24. The molecule has 0 aliphatic heterocycles. The molecule has 1 N–H and O–H groups in total. The van der Waals surface area contributed by atoms with E-state index in [0.29, 0.717) is 5.56 Å². The van der Waals surface area contributed by atoms with Gasteiger partial charge >= 0.3 is 6.18 Å². The van der Waals surface area contributed by atoms with Crippen LogP contribution in [0, 0.1) is 0 Å². The van der Waals surface area contributed by atoms with Crippen molar-refractivity contribution in [2.75, 3.05) is 12.9 Å². The second-order valence-corrected chi connectivity index (χ2v) is 7.96. The minimum absolute atomic E-state index is 0.0647. The molecule has 0 fully saturated rings. The Morgan fingerprint density at radius 2 is 1.78 bits per heavy atom. The number of hydrogen-bond acceptors (Lipinski definition) is 4. The molecule has 0 spiro atoms. The third kappa shape index (κ3) is 5.99. The van der Waals surface area contributed by atoms with Crippen molar-refractivity contribution >= 4 is 15.7 Å². The van der Waals surface area contributed by atoms with Crippen molar-refractivity contribution in [1.82, 2.24) is 5.32 Å². The monoisotopic (exact) mass is 401 g/mol. The third-order valence-corrected chi connectivity index (χ3v) is 4.85. The molecule has 2 aromatic carbocycles. The smallest absolute Gasteiger partial charge is 0.416 e. The first-order chi connectivity index (χ1) is 12.5. The van der Waals surface area contributed by atoms with Gasteiger partial charge in [-0.05, 0) is 42.8 Å². The zero-order valence-corrected chi connectivity index (χ0v) is 15.4. The molecule has 5 nitrogen and oxygen atoms in total. The second-order valence-electron chi connectivity index (χ2n) is 5.94. The van der Waals surface area contributed by atoms with Crippen LogP contribution in [0.15, 0.2) is 53.4 Å². The molecule has 146 valence electrons. The van der Waals surface area contributed by atoms with Gasteiger partial charge in [-0.1, -0.05) is 18.2 Å². The van der Waals surface area contributed by atoms with Gasteiger partial charge < -0.3 is 10.1 Å². The van der Waals surface area contributed by atoms with Crippen molar-refractivity contribution < 1.29 is 31.1 Å². The average molecular weight is 401 g/mol. The van der Waals surface area contributed by atoms with Crippen molar-refractivity contribution in [3.05, 3.63) is 59.7 Å². The largest absolute Gasteiger partial charge is 0.484 e. The lowest BCUT2D eigenvalue weighted by molar-refractivity contribution is -0.137. The summed E-state index contributed by atoms with van der Waals surface area (Å²) in [7, 11) is -3.31. The summed E-state index contributed by atoms with van der Waals surface area (Å²) in [4.78, 5) is 12.1. The van der Waals surface area contributed by atoms with E-state index in [2.05, 4.69) is 5.32 Å². The Morgan fingerprint density at radius 1 is 1.15 bits per heavy atom. The number of benzene rings is 2. The van der Waals surface area contributed by atoms with E-state index in [1.54, 1.807) is 19.1 Å². The van der Waals surface area contributed by atoms with Crippen LogP contribution in [0.4, 0.5) is 13.2 Å². The first-order valence-corrected chi connectivity index (χ1v) is 9.75. The molecule has 0 saturated carbocycles. The summed E-state index contributed by atoms with van der Waals surface area (Å²) in [5.74, 6) is -0.586. The standard InChI is InChI=1S/C18H18F3NO4S/c1-12(13-6-8-16(9-7-13)27(2,24)25)22-17(23)11-26-15-5-3-4-14(10-15)18(19,20)21/h3-10,12H,11H2,1-2H3,(H,22,23)/t12-/m1/s1. The summed E-state index contributed by atoms with van der Waals surface area (Å²) in [6.07, 6.45) is -3.40. The number of rotatable bonds is 6. The van der Waals surface area contributed by atoms with Crippen molar-refractivity contribution in [2.45, 2.75) is 24.0 Å². The maximum absolute atomic E-state index is 12.7. The molecular formula is C18H18F3NO4S. The SMILES string of the molecule is C[C@@H](NC(=O)COc1cccc(C(F)(F)F)c1)c1ccc(S(C)(=O)=O)cc1. The quantitative estimate of drug-likeness (QED) is 0.806. The van der Waals surface area contributed by atoms with Gasteiger partial charge in [-0.15, -0.1) is 0 Å². The summed E-state index contributed by atoms with van der Waals surface area (Å²) >= 11 is 0. The van der Waals surface area contributed by atoms with Crippen molar-refractivity contribution in [3.8, 4) is 5.75 Å². The molecule has 27 heavy (non-hydrogen) atoms. The number of amides is 1. The Labute approximate surface area is 155 Å². The first-order valence-electron chi connectivity index (χ1n) is 7.86. The van der Waals surface area contributed by atoms with Crippen LogP contribution >= 0.6 is 0 Å². The Morgan fingerprint density at radius 3 is 2.33 bits per heavy atom. The van der Waals surface area contributed by atoms with Gasteiger partial charge in [0.25, 0.3) is 5.91 Å². The van der Waals surface area contributed by atoms with Gasteiger partial charge in [-0.25, -0.2) is 8.42 Å². The molecule has 0 radical (unpaired) electrons. The number of halogens is 3. The normalized spacial score (nSPS) is 13.1. The van der Waals surface area contributed by atoms with Crippen LogP contribution in [0.1, 0.15) is 24.1 Å². The maximum Gasteiger partial charge on any atom is 0.416 e. The van der Waals surface area contributed by atoms with E-state index in [1.807, 2.05) is 0 Å². The lowest BCUT2D eigenvalue weighted by atomic mass is 10.1. The van der Waals surface area contributed by atoms with Crippen molar-refractivity contribution in [3.63, 3.8) is 0 Å². The number of sulfone groups is 1. The van der Waals surface area contributed by atoms with Crippen LogP contribution in [-0.4, -0.2) is 27.2 Å². The predicted molar refractivity (Wildman–Crippen MR) is 93.0 cm³/mol. The Balaban J connectivity index is 1.94. The average Bonchev–Trinajstić information content (AvgIpc) is 2.59. The Hall–Kier alpha value is -2.55. The van der Waals surface area contributed by atoms with Crippen molar-refractivity contribution in [2.24, 2.45) is 0 Å². The van der Waals surface area contributed by atoms with E-state index < -0.39 is 40.1 Å². The van der Waals surface area contributed by atoms with Gasteiger partial charge in [-0.3, -0.25) is 4.79 Å². The summed E-state index contributed by atoms with van der Waals surface area (Å²) in [6, 6.07) is 9.85. The van der Waals surface area contributed by atoms with Gasteiger partial charge in [0.1, 0.15) is 5.75 Å². The molecule has 0 aliphatic rings. The first kappa shape index (κ1) is 20.8. The van der Waals surface area contributed by atoms with Crippen LogP contribution < -0.4 is 10.1 Å². The molecule has 9 heteroatoms.